The number of rotatable bonds is 6. The smallest absolute Gasteiger partial charge is 0.270 e. The van der Waals surface area contributed by atoms with Crippen molar-refractivity contribution in [1.82, 2.24) is 14.7 Å². The number of benzene rings is 1. The molecule has 0 fully saturated rings. The summed E-state index contributed by atoms with van der Waals surface area (Å²) in [4.78, 5) is 16.4. The lowest BCUT2D eigenvalue weighted by atomic mass is 10.2. The van der Waals surface area contributed by atoms with Gasteiger partial charge in [0.05, 0.1) is 6.20 Å². The Morgan fingerprint density at radius 3 is 3.04 bits per heavy atom. The lowest BCUT2D eigenvalue weighted by molar-refractivity contribution is 0.0839. The summed E-state index contributed by atoms with van der Waals surface area (Å²) in [6.45, 7) is 2.18. The van der Waals surface area contributed by atoms with Crippen molar-refractivity contribution in [3.63, 3.8) is 0 Å². The number of carbonyl (C=O) groups is 1. The molecule has 2 aromatic heterocycles. The number of amides is 1. The zero-order chi connectivity index (χ0) is 16.9. The highest BCUT2D eigenvalue weighted by atomic mass is 16.5. The third kappa shape index (κ3) is 3.72. The Morgan fingerprint density at radius 1 is 1.33 bits per heavy atom. The second-order valence-corrected chi connectivity index (χ2v) is 5.56. The highest BCUT2D eigenvalue weighted by Crippen LogP contribution is 2.12. The van der Waals surface area contributed by atoms with Crippen LogP contribution >= 0.6 is 0 Å². The molecule has 2 N–H and O–H groups in total. The van der Waals surface area contributed by atoms with E-state index in [1.165, 1.54) is 6.20 Å². The van der Waals surface area contributed by atoms with E-state index in [9.17, 15) is 9.90 Å². The number of aromatic nitrogens is 2. The van der Waals surface area contributed by atoms with E-state index in [-0.39, 0.29) is 19.1 Å². The van der Waals surface area contributed by atoms with Crippen LogP contribution < -0.4 is 10.1 Å². The molecule has 3 rings (SSSR count). The van der Waals surface area contributed by atoms with Crippen LogP contribution in [0.3, 0.4) is 0 Å². The number of hydrogen-bond donors (Lipinski definition) is 2. The van der Waals surface area contributed by atoms with E-state index < -0.39 is 6.10 Å². The van der Waals surface area contributed by atoms with Crippen LogP contribution in [0.25, 0.3) is 5.65 Å². The molecule has 0 saturated heterocycles. The van der Waals surface area contributed by atoms with Gasteiger partial charge < -0.3 is 15.2 Å². The van der Waals surface area contributed by atoms with Gasteiger partial charge in [-0.3, -0.25) is 9.20 Å². The molecule has 3 aromatic rings. The maximum absolute atomic E-state index is 12.2. The summed E-state index contributed by atoms with van der Waals surface area (Å²) < 4.78 is 7.22. The Labute approximate surface area is 139 Å². The largest absolute Gasteiger partial charge is 0.491 e. The van der Waals surface area contributed by atoms with Gasteiger partial charge in [0.25, 0.3) is 5.91 Å². The predicted octanol–water partition coefficient (Wildman–Crippen LogP) is 1.81. The molecule has 6 heteroatoms. The zero-order valence-corrected chi connectivity index (χ0v) is 13.3. The van der Waals surface area contributed by atoms with Gasteiger partial charge in [-0.1, -0.05) is 18.2 Å². The van der Waals surface area contributed by atoms with Crippen LogP contribution in [0, 0.1) is 6.92 Å². The van der Waals surface area contributed by atoms with E-state index in [1.807, 2.05) is 49.4 Å². The average molecular weight is 325 g/mol. The molecule has 124 valence electrons. The first-order valence-corrected chi connectivity index (χ1v) is 7.71. The molecule has 0 aliphatic carbocycles. The molecular formula is C18H19N3O3. The zero-order valence-electron chi connectivity index (χ0n) is 13.3. The molecule has 2 heterocycles. The number of imidazole rings is 1. The Hall–Kier alpha value is -2.86. The van der Waals surface area contributed by atoms with Crippen molar-refractivity contribution in [1.29, 1.82) is 0 Å². The fourth-order valence-corrected chi connectivity index (χ4v) is 2.36. The lowest BCUT2D eigenvalue weighted by Crippen LogP contribution is -2.35. The summed E-state index contributed by atoms with van der Waals surface area (Å²) >= 11 is 0. The number of fused-ring (bicyclic) bond motifs is 1. The van der Waals surface area contributed by atoms with Crippen molar-refractivity contribution in [3.05, 3.63) is 66.1 Å². The van der Waals surface area contributed by atoms with Gasteiger partial charge in [-0.05, 0) is 36.8 Å². The monoisotopic (exact) mass is 325 g/mol. The van der Waals surface area contributed by atoms with E-state index in [0.29, 0.717) is 17.1 Å². The summed E-state index contributed by atoms with van der Waals surface area (Å²) in [6.07, 6.45) is 2.49. The van der Waals surface area contributed by atoms with Crippen LogP contribution in [0.2, 0.25) is 0 Å². The number of carbonyl (C=O) groups excluding carboxylic acids is 1. The molecule has 24 heavy (non-hydrogen) atoms. The summed E-state index contributed by atoms with van der Waals surface area (Å²) in [5, 5.41) is 12.7. The molecule has 1 atom stereocenters. The standard InChI is InChI=1S/C18H19N3O3/c1-13-5-4-6-15(9-13)24-12-14(22)10-20-18(23)16-11-19-17-7-2-3-8-21(16)17/h2-9,11,14,22H,10,12H2,1H3,(H,20,23). The quantitative estimate of drug-likeness (QED) is 0.725. The predicted molar refractivity (Wildman–Crippen MR) is 90.2 cm³/mol. The molecule has 1 unspecified atom stereocenters. The number of nitrogens with zero attached hydrogens (tertiary/aromatic N) is 2. The van der Waals surface area contributed by atoms with Gasteiger partial charge in [0, 0.05) is 12.7 Å². The van der Waals surface area contributed by atoms with E-state index in [1.54, 1.807) is 10.6 Å². The normalized spacial score (nSPS) is 12.1. The maximum Gasteiger partial charge on any atom is 0.270 e. The highest BCUT2D eigenvalue weighted by Gasteiger charge is 2.13. The number of pyridine rings is 1. The summed E-state index contributed by atoms with van der Waals surface area (Å²) in [7, 11) is 0. The highest BCUT2D eigenvalue weighted by molar-refractivity contribution is 5.93. The molecular weight excluding hydrogens is 306 g/mol. The van der Waals surface area contributed by atoms with Crippen molar-refractivity contribution in [2.24, 2.45) is 0 Å². The maximum atomic E-state index is 12.2. The molecule has 0 saturated carbocycles. The number of ether oxygens (including phenoxy) is 1. The number of nitrogens with one attached hydrogen (secondary N) is 1. The molecule has 0 spiro atoms. The SMILES string of the molecule is Cc1cccc(OCC(O)CNC(=O)c2cnc3ccccn23)c1. The lowest BCUT2D eigenvalue weighted by Gasteiger charge is -2.13. The second kappa shape index (κ2) is 7.14. The van der Waals surface area contributed by atoms with Gasteiger partial charge in [0.15, 0.2) is 0 Å². The van der Waals surface area contributed by atoms with Gasteiger partial charge >= 0.3 is 0 Å². The van der Waals surface area contributed by atoms with Crippen LogP contribution in [0.15, 0.2) is 54.9 Å². The minimum Gasteiger partial charge on any atom is -0.491 e. The van der Waals surface area contributed by atoms with Crippen LogP contribution in [-0.4, -0.2) is 39.7 Å². The van der Waals surface area contributed by atoms with E-state index in [4.69, 9.17) is 4.74 Å². The Morgan fingerprint density at radius 2 is 2.21 bits per heavy atom. The van der Waals surface area contributed by atoms with Crippen molar-refractivity contribution >= 4 is 11.6 Å². The third-order valence-electron chi connectivity index (χ3n) is 3.58. The molecule has 6 nitrogen and oxygen atoms in total. The number of hydrogen-bond acceptors (Lipinski definition) is 4. The van der Waals surface area contributed by atoms with Crippen LogP contribution in [0.1, 0.15) is 16.1 Å². The van der Waals surface area contributed by atoms with Crippen molar-refractivity contribution < 1.29 is 14.6 Å². The minimum atomic E-state index is -0.798. The fraction of sp³-hybridized carbons (Fsp3) is 0.222. The third-order valence-corrected chi connectivity index (χ3v) is 3.58. The van der Waals surface area contributed by atoms with Crippen LogP contribution in [0.5, 0.6) is 5.75 Å². The van der Waals surface area contributed by atoms with Gasteiger partial charge in [-0.2, -0.15) is 0 Å². The molecule has 0 aliphatic rings. The molecule has 0 radical (unpaired) electrons. The Balaban J connectivity index is 1.52. The van der Waals surface area contributed by atoms with Gasteiger partial charge in [-0.15, -0.1) is 0 Å². The van der Waals surface area contributed by atoms with Gasteiger partial charge in [0.1, 0.15) is 29.8 Å². The Bertz CT molecular complexity index is 844. The van der Waals surface area contributed by atoms with Crippen molar-refractivity contribution in [3.8, 4) is 5.75 Å². The molecule has 0 aliphatic heterocycles. The van der Waals surface area contributed by atoms with Gasteiger partial charge in [-0.25, -0.2) is 4.98 Å². The second-order valence-electron chi connectivity index (χ2n) is 5.56. The minimum absolute atomic E-state index is 0.102. The Kier molecular flexibility index (Phi) is 4.77. The van der Waals surface area contributed by atoms with E-state index >= 15 is 0 Å². The van der Waals surface area contributed by atoms with Gasteiger partial charge in [0.2, 0.25) is 0 Å². The number of aliphatic hydroxyl groups excluding tert-OH is 1. The van der Waals surface area contributed by atoms with E-state index in [2.05, 4.69) is 10.3 Å². The summed E-state index contributed by atoms with van der Waals surface area (Å²) in [5.74, 6) is 0.408. The first-order valence-electron chi connectivity index (χ1n) is 7.71. The average Bonchev–Trinajstić information content (AvgIpc) is 3.02. The van der Waals surface area contributed by atoms with E-state index in [0.717, 1.165) is 5.56 Å². The first-order chi connectivity index (χ1) is 11.6. The summed E-state index contributed by atoms with van der Waals surface area (Å²) in [5.41, 5.74) is 2.21. The number of aliphatic hydroxyl groups is 1. The topological polar surface area (TPSA) is 75.9 Å². The number of aryl methyl sites for hydroxylation is 1. The van der Waals surface area contributed by atoms with Crippen molar-refractivity contribution in [2.45, 2.75) is 13.0 Å². The van der Waals surface area contributed by atoms with Crippen molar-refractivity contribution in [2.75, 3.05) is 13.2 Å². The first kappa shape index (κ1) is 16.0. The molecule has 1 aromatic carbocycles. The fourth-order valence-electron chi connectivity index (χ4n) is 2.36. The van der Waals surface area contributed by atoms with Crippen LogP contribution in [-0.2, 0) is 0 Å². The molecule has 0 bridgehead atoms. The summed E-state index contributed by atoms with van der Waals surface area (Å²) in [6, 6.07) is 13.1. The molecule has 1 amide bonds. The van der Waals surface area contributed by atoms with Crippen LogP contribution in [0.4, 0.5) is 0 Å².